The number of anilines is 1. The van der Waals surface area contributed by atoms with Gasteiger partial charge in [-0.15, -0.1) is 0 Å². The molecule has 1 fully saturated rings. The highest BCUT2D eigenvalue weighted by molar-refractivity contribution is 5.99. The molecule has 1 amide bonds. The van der Waals surface area contributed by atoms with Crippen LogP contribution >= 0.6 is 0 Å². The molecule has 0 spiro atoms. The molecule has 0 atom stereocenters. The molecule has 0 heterocycles. The predicted molar refractivity (Wildman–Crippen MR) is 72.7 cm³/mol. The highest BCUT2D eigenvalue weighted by Gasteiger charge is 2.50. The van der Waals surface area contributed by atoms with Crippen LogP contribution in [0, 0.1) is 5.41 Å². The second kappa shape index (κ2) is 4.73. The molecule has 3 nitrogen and oxygen atoms in total. The van der Waals surface area contributed by atoms with Gasteiger partial charge >= 0.3 is 0 Å². The van der Waals surface area contributed by atoms with Crippen LogP contribution in [0.1, 0.15) is 38.2 Å². The fourth-order valence-corrected chi connectivity index (χ4v) is 2.15. The molecule has 2 rings (SSSR count). The third kappa shape index (κ3) is 2.27. The Morgan fingerprint density at radius 2 is 1.89 bits per heavy atom. The lowest BCUT2D eigenvalue weighted by Gasteiger charge is -2.22. The van der Waals surface area contributed by atoms with E-state index in [1.807, 2.05) is 12.1 Å². The fraction of sp³-hybridized carbons (Fsp3) is 0.533. The lowest BCUT2D eigenvalue weighted by atomic mass is 10.0. The van der Waals surface area contributed by atoms with Crippen molar-refractivity contribution < 1.29 is 9.90 Å². The number of nitrogens with zero attached hydrogens (tertiary/aromatic N) is 1. The summed E-state index contributed by atoms with van der Waals surface area (Å²) in [5, 5.41) is 9.29. The number of aliphatic hydroxyl groups is 1. The number of carbonyl (C=O) groups excluding carboxylic acids is 1. The van der Waals surface area contributed by atoms with Crippen LogP contribution in [0.3, 0.4) is 0 Å². The van der Waals surface area contributed by atoms with E-state index in [0.29, 0.717) is 5.92 Å². The summed E-state index contributed by atoms with van der Waals surface area (Å²) in [6.07, 6.45) is 1.60. The SMILES string of the molecule is CC(C)c1ccc(N(C)C(=O)C2(CO)CC2)cc1. The molecule has 0 bridgehead atoms. The fourth-order valence-electron chi connectivity index (χ4n) is 2.15. The summed E-state index contributed by atoms with van der Waals surface area (Å²) in [7, 11) is 1.78. The summed E-state index contributed by atoms with van der Waals surface area (Å²) in [6, 6.07) is 8.06. The molecule has 1 aliphatic rings. The maximum absolute atomic E-state index is 12.2. The highest BCUT2D eigenvalue weighted by Crippen LogP contribution is 2.47. The molecule has 1 aromatic rings. The van der Waals surface area contributed by atoms with Gasteiger partial charge in [0.25, 0.3) is 0 Å². The molecule has 0 aliphatic heterocycles. The van der Waals surface area contributed by atoms with Gasteiger partial charge in [-0.25, -0.2) is 0 Å². The number of aliphatic hydroxyl groups excluding tert-OH is 1. The standard InChI is InChI=1S/C15H21NO2/c1-11(2)12-4-6-13(7-5-12)16(3)14(18)15(10-17)8-9-15/h4-7,11,17H,8-10H2,1-3H3. The molecule has 3 heteroatoms. The number of hydrogen-bond acceptors (Lipinski definition) is 2. The number of hydrogen-bond donors (Lipinski definition) is 1. The molecule has 0 unspecified atom stereocenters. The minimum absolute atomic E-state index is 0.0299. The van der Waals surface area contributed by atoms with Crippen LogP contribution in [0.15, 0.2) is 24.3 Å². The summed E-state index contributed by atoms with van der Waals surface area (Å²) in [5.41, 5.74) is 1.66. The minimum atomic E-state index is -0.495. The Hall–Kier alpha value is -1.35. The molecule has 1 aliphatic carbocycles. The Bertz CT molecular complexity index is 432. The number of amides is 1. The Balaban J connectivity index is 2.14. The monoisotopic (exact) mass is 247 g/mol. The summed E-state index contributed by atoms with van der Waals surface area (Å²) < 4.78 is 0. The van der Waals surface area contributed by atoms with Crippen LogP contribution in [0.2, 0.25) is 0 Å². The van der Waals surface area contributed by atoms with Crippen molar-refractivity contribution in [1.29, 1.82) is 0 Å². The van der Waals surface area contributed by atoms with Gasteiger partial charge in [0.15, 0.2) is 0 Å². The predicted octanol–water partition coefficient (Wildman–Crippen LogP) is 2.55. The van der Waals surface area contributed by atoms with Crippen LogP contribution < -0.4 is 4.90 Å². The van der Waals surface area contributed by atoms with E-state index in [2.05, 4.69) is 26.0 Å². The van der Waals surface area contributed by atoms with Crippen LogP contribution in [0.4, 0.5) is 5.69 Å². The van der Waals surface area contributed by atoms with Gasteiger partial charge in [-0.05, 0) is 36.5 Å². The van der Waals surface area contributed by atoms with E-state index >= 15 is 0 Å². The van der Waals surface area contributed by atoms with Crippen molar-refractivity contribution in [3.63, 3.8) is 0 Å². The van der Waals surface area contributed by atoms with E-state index in [0.717, 1.165) is 18.5 Å². The van der Waals surface area contributed by atoms with Gasteiger partial charge in [-0.2, -0.15) is 0 Å². The van der Waals surface area contributed by atoms with Gasteiger partial charge in [0.1, 0.15) is 0 Å². The molecular formula is C15H21NO2. The van der Waals surface area contributed by atoms with E-state index in [4.69, 9.17) is 0 Å². The maximum Gasteiger partial charge on any atom is 0.235 e. The second-order valence-corrected chi connectivity index (χ2v) is 5.55. The zero-order valence-corrected chi connectivity index (χ0v) is 11.3. The van der Waals surface area contributed by atoms with Gasteiger partial charge in [0.2, 0.25) is 5.91 Å². The minimum Gasteiger partial charge on any atom is -0.395 e. The molecule has 1 saturated carbocycles. The quantitative estimate of drug-likeness (QED) is 0.888. The van der Waals surface area contributed by atoms with Gasteiger partial charge in [-0.1, -0.05) is 26.0 Å². The van der Waals surface area contributed by atoms with Crippen LogP contribution in [0.25, 0.3) is 0 Å². The summed E-state index contributed by atoms with van der Waals surface area (Å²) in [4.78, 5) is 13.9. The normalized spacial score (nSPS) is 16.7. The van der Waals surface area contributed by atoms with Crippen LogP contribution in [-0.2, 0) is 4.79 Å². The summed E-state index contributed by atoms with van der Waals surface area (Å²) in [6.45, 7) is 4.25. The lowest BCUT2D eigenvalue weighted by molar-refractivity contribution is -0.124. The van der Waals surface area contributed by atoms with Crippen molar-refractivity contribution in [3.8, 4) is 0 Å². The first-order valence-corrected chi connectivity index (χ1v) is 6.49. The van der Waals surface area contributed by atoms with Crippen molar-refractivity contribution in [2.75, 3.05) is 18.6 Å². The largest absolute Gasteiger partial charge is 0.395 e. The second-order valence-electron chi connectivity index (χ2n) is 5.55. The molecular weight excluding hydrogens is 226 g/mol. The first kappa shape index (κ1) is 13.1. The lowest BCUT2D eigenvalue weighted by Crippen LogP contribution is -2.36. The van der Waals surface area contributed by atoms with Crippen molar-refractivity contribution in [2.24, 2.45) is 5.41 Å². The van der Waals surface area contributed by atoms with E-state index < -0.39 is 5.41 Å². The zero-order chi connectivity index (χ0) is 13.3. The Morgan fingerprint density at radius 3 is 2.28 bits per heavy atom. The molecule has 0 aromatic heterocycles. The van der Waals surface area contributed by atoms with Crippen molar-refractivity contribution in [1.82, 2.24) is 0 Å². The van der Waals surface area contributed by atoms with Crippen molar-refractivity contribution in [3.05, 3.63) is 29.8 Å². The van der Waals surface area contributed by atoms with E-state index in [9.17, 15) is 9.90 Å². The number of rotatable bonds is 4. The van der Waals surface area contributed by atoms with Crippen LogP contribution in [-0.4, -0.2) is 24.7 Å². The van der Waals surface area contributed by atoms with E-state index in [-0.39, 0.29) is 12.5 Å². The van der Waals surface area contributed by atoms with Gasteiger partial charge in [0, 0.05) is 12.7 Å². The third-order valence-electron chi connectivity index (χ3n) is 3.86. The van der Waals surface area contributed by atoms with E-state index in [1.165, 1.54) is 5.56 Å². The Kier molecular flexibility index (Phi) is 3.44. The van der Waals surface area contributed by atoms with Crippen molar-refractivity contribution in [2.45, 2.75) is 32.6 Å². The summed E-state index contributed by atoms with van der Waals surface area (Å²) >= 11 is 0. The first-order chi connectivity index (χ1) is 8.50. The van der Waals surface area contributed by atoms with Gasteiger partial charge in [-0.3, -0.25) is 4.79 Å². The number of benzene rings is 1. The molecule has 18 heavy (non-hydrogen) atoms. The highest BCUT2D eigenvalue weighted by atomic mass is 16.3. The van der Waals surface area contributed by atoms with Gasteiger partial charge in [0.05, 0.1) is 12.0 Å². The zero-order valence-electron chi connectivity index (χ0n) is 11.3. The molecule has 0 saturated heterocycles. The van der Waals surface area contributed by atoms with Crippen LogP contribution in [0.5, 0.6) is 0 Å². The molecule has 1 aromatic carbocycles. The smallest absolute Gasteiger partial charge is 0.235 e. The van der Waals surface area contributed by atoms with Gasteiger partial charge < -0.3 is 10.0 Å². The average Bonchev–Trinajstić information content (AvgIpc) is 3.18. The van der Waals surface area contributed by atoms with Crippen molar-refractivity contribution >= 4 is 11.6 Å². The molecule has 1 N–H and O–H groups in total. The summed E-state index contributed by atoms with van der Waals surface area (Å²) in [5.74, 6) is 0.523. The third-order valence-corrected chi connectivity index (χ3v) is 3.86. The van der Waals surface area contributed by atoms with E-state index in [1.54, 1.807) is 11.9 Å². The Labute approximate surface area is 108 Å². The topological polar surface area (TPSA) is 40.5 Å². The molecule has 0 radical (unpaired) electrons. The molecule has 98 valence electrons. The first-order valence-electron chi connectivity index (χ1n) is 6.49. The maximum atomic E-state index is 12.2. The number of carbonyl (C=O) groups is 1. The average molecular weight is 247 g/mol. The Morgan fingerprint density at radius 1 is 1.33 bits per heavy atom.